The molecule has 0 saturated carbocycles. The third-order valence-electron chi connectivity index (χ3n) is 5.46. The maximum atomic E-state index is 3.83. The highest BCUT2D eigenvalue weighted by atomic mass is 32.1. The molecule has 3 heteroatoms. The summed E-state index contributed by atoms with van der Waals surface area (Å²) in [6.07, 6.45) is 9.60. The number of nitrogens with zero attached hydrogens (tertiary/aromatic N) is 1. The van der Waals surface area contributed by atoms with E-state index in [1.54, 1.807) is 15.3 Å². The number of thiophene rings is 1. The summed E-state index contributed by atoms with van der Waals surface area (Å²) < 4.78 is 0. The van der Waals surface area contributed by atoms with Gasteiger partial charge in [0.25, 0.3) is 0 Å². The van der Waals surface area contributed by atoms with Crippen LogP contribution in [0, 0.1) is 0 Å². The van der Waals surface area contributed by atoms with Crippen LogP contribution >= 0.6 is 11.3 Å². The van der Waals surface area contributed by atoms with Crippen LogP contribution in [0.2, 0.25) is 0 Å². The van der Waals surface area contributed by atoms with Gasteiger partial charge in [-0.2, -0.15) is 0 Å². The maximum Gasteiger partial charge on any atom is 0.0302 e. The Morgan fingerprint density at radius 3 is 2.79 bits per heavy atom. The van der Waals surface area contributed by atoms with E-state index in [1.807, 2.05) is 0 Å². The molecule has 104 valence electrons. The number of aryl methyl sites for hydroxylation is 2. The molecule has 3 heterocycles. The minimum Gasteiger partial charge on any atom is -0.309 e. The van der Waals surface area contributed by atoms with Gasteiger partial charge in [0.05, 0.1) is 0 Å². The van der Waals surface area contributed by atoms with Crippen LogP contribution in [-0.2, 0) is 19.4 Å². The van der Waals surface area contributed by atoms with E-state index in [2.05, 4.69) is 34.7 Å². The van der Waals surface area contributed by atoms with Crippen molar-refractivity contribution in [3.8, 4) is 0 Å². The molecule has 19 heavy (non-hydrogen) atoms. The van der Waals surface area contributed by atoms with Crippen molar-refractivity contribution < 1.29 is 0 Å². The first-order valence-corrected chi connectivity index (χ1v) is 8.67. The lowest BCUT2D eigenvalue weighted by Gasteiger charge is -2.36. The fraction of sp³-hybridized carbons (Fsp3) is 0.750. The summed E-state index contributed by atoms with van der Waals surface area (Å²) in [5.74, 6) is 0. The van der Waals surface area contributed by atoms with Crippen LogP contribution < -0.4 is 5.32 Å². The van der Waals surface area contributed by atoms with Gasteiger partial charge in [-0.05, 0) is 63.6 Å². The zero-order valence-electron chi connectivity index (χ0n) is 11.8. The van der Waals surface area contributed by atoms with Gasteiger partial charge in [-0.1, -0.05) is 0 Å². The molecular weight excluding hydrogens is 252 g/mol. The van der Waals surface area contributed by atoms with Crippen molar-refractivity contribution in [2.24, 2.45) is 0 Å². The second kappa shape index (κ2) is 4.87. The topological polar surface area (TPSA) is 15.3 Å². The number of hydrogen-bond donors (Lipinski definition) is 1. The first kappa shape index (κ1) is 12.4. The van der Waals surface area contributed by atoms with Crippen molar-refractivity contribution in [2.75, 3.05) is 7.05 Å². The first-order chi connectivity index (χ1) is 9.29. The Kier molecular flexibility index (Phi) is 3.17. The van der Waals surface area contributed by atoms with Crippen molar-refractivity contribution >= 4 is 11.3 Å². The monoisotopic (exact) mass is 276 g/mol. The van der Waals surface area contributed by atoms with Gasteiger partial charge in [0.1, 0.15) is 0 Å². The van der Waals surface area contributed by atoms with Crippen LogP contribution in [0.25, 0.3) is 0 Å². The van der Waals surface area contributed by atoms with E-state index in [0.717, 1.165) is 24.7 Å². The third-order valence-corrected chi connectivity index (χ3v) is 6.70. The predicted molar refractivity (Wildman–Crippen MR) is 80.8 cm³/mol. The fourth-order valence-electron chi connectivity index (χ4n) is 4.30. The second-order valence-corrected chi connectivity index (χ2v) is 7.84. The van der Waals surface area contributed by atoms with Crippen LogP contribution in [0.5, 0.6) is 0 Å². The highest BCUT2D eigenvalue weighted by Gasteiger charge is 2.38. The third kappa shape index (κ3) is 2.26. The smallest absolute Gasteiger partial charge is 0.0302 e. The molecule has 2 nitrogen and oxygen atoms in total. The van der Waals surface area contributed by atoms with Gasteiger partial charge in [0.15, 0.2) is 0 Å². The lowest BCUT2D eigenvalue weighted by Crippen LogP contribution is -2.46. The van der Waals surface area contributed by atoms with E-state index < -0.39 is 0 Å². The average molecular weight is 276 g/mol. The Balaban J connectivity index is 1.35. The number of fused-ring (bicyclic) bond motifs is 3. The van der Waals surface area contributed by atoms with Crippen LogP contribution in [0.4, 0.5) is 0 Å². The summed E-state index contributed by atoms with van der Waals surface area (Å²) in [7, 11) is 2.32. The summed E-state index contributed by atoms with van der Waals surface area (Å²) in [6, 6.07) is 4.92. The van der Waals surface area contributed by atoms with Crippen LogP contribution in [0.1, 0.15) is 47.4 Å². The van der Waals surface area contributed by atoms with E-state index in [-0.39, 0.29) is 0 Å². The van der Waals surface area contributed by atoms with Gasteiger partial charge in [-0.25, -0.2) is 0 Å². The summed E-state index contributed by atoms with van der Waals surface area (Å²) in [5, 5.41) is 3.83. The largest absolute Gasteiger partial charge is 0.309 e. The number of hydrogen-bond acceptors (Lipinski definition) is 3. The van der Waals surface area contributed by atoms with Crippen molar-refractivity contribution in [1.82, 2.24) is 10.2 Å². The van der Waals surface area contributed by atoms with E-state index in [4.69, 9.17) is 0 Å². The molecule has 2 aliphatic heterocycles. The summed E-state index contributed by atoms with van der Waals surface area (Å²) in [6.45, 7) is 1.10. The summed E-state index contributed by atoms with van der Waals surface area (Å²) in [4.78, 5) is 5.86. The number of rotatable bonds is 3. The quantitative estimate of drug-likeness (QED) is 0.913. The van der Waals surface area contributed by atoms with Gasteiger partial charge in [-0.3, -0.25) is 0 Å². The molecule has 1 aromatic rings. The molecule has 1 N–H and O–H groups in total. The van der Waals surface area contributed by atoms with Crippen LogP contribution in [-0.4, -0.2) is 30.1 Å². The van der Waals surface area contributed by atoms with Crippen molar-refractivity contribution in [1.29, 1.82) is 0 Å². The summed E-state index contributed by atoms with van der Waals surface area (Å²) >= 11 is 2.06. The van der Waals surface area contributed by atoms with Gasteiger partial charge < -0.3 is 10.2 Å². The Bertz CT molecular complexity index is 432. The Hall–Kier alpha value is -0.380. The summed E-state index contributed by atoms with van der Waals surface area (Å²) in [5.41, 5.74) is 1.64. The Morgan fingerprint density at radius 1 is 1.26 bits per heavy atom. The van der Waals surface area contributed by atoms with E-state index >= 15 is 0 Å². The molecule has 2 unspecified atom stereocenters. The molecule has 0 spiro atoms. The van der Waals surface area contributed by atoms with E-state index in [1.165, 1.54) is 44.9 Å². The van der Waals surface area contributed by atoms with Crippen molar-refractivity contribution in [2.45, 2.75) is 69.6 Å². The molecule has 1 aliphatic carbocycles. The van der Waals surface area contributed by atoms with Crippen molar-refractivity contribution in [3.63, 3.8) is 0 Å². The Morgan fingerprint density at radius 2 is 2.05 bits per heavy atom. The van der Waals surface area contributed by atoms with E-state index in [0.29, 0.717) is 0 Å². The molecule has 0 aromatic carbocycles. The van der Waals surface area contributed by atoms with Crippen molar-refractivity contribution in [3.05, 3.63) is 21.4 Å². The normalized spacial score (nSPS) is 33.8. The zero-order valence-corrected chi connectivity index (χ0v) is 12.6. The molecule has 1 aromatic heterocycles. The van der Waals surface area contributed by atoms with E-state index in [9.17, 15) is 0 Å². The second-order valence-electron chi connectivity index (χ2n) is 6.61. The maximum absolute atomic E-state index is 3.83. The molecule has 2 saturated heterocycles. The molecule has 3 aliphatic rings. The van der Waals surface area contributed by atoms with Gasteiger partial charge >= 0.3 is 0 Å². The SMILES string of the molecule is CN1C2CCC1CC(NCc1cc3c(s1)CCC3)C2. The number of nitrogens with one attached hydrogen (secondary N) is 1. The standard InChI is InChI=1S/C16H24N2S/c1-18-13-5-6-14(18)9-12(8-13)17-10-15-7-11-3-2-4-16(11)19-15/h7,12-14,17H,2-6,8-10H2,1H3. The van der Waals surface area contributed by atoms with Crippen LogP contribution in [0.3, 0.4) is 0 Å². The molecular formula is C16H24N2S. The first-order valence-electron chi connectivity index (χ1n) is 7.85. The van der Waals surface area contributed by atoms with Gasteiger partial charge in [0.2, 0.25) is 0 Å². The molecule has 4 rings (SSSR count). The highest BCUT2D eigenvalue weighted by molar-refractivity contribution is 7.12. The molecule has 2 fully saturated rings. The lowest BCUT2D eigenvalue weighted by molar-refractivity contribution is 0.148. The van der Waals surface area contributed by atoms with Crippen LogP contribution in [0.15, 0.2) is 6.07 Å². The zero-order chi connectivity index (χ0) is 12.8. The fourth-order valence-corrected chi connectivity index (χ4v) is 5.51. The molecule has 0 radical (unpaired) electrons. The molecule has 2 atom stereocenters. The minimum absolute atomic E-state index is 0.755. The molecule has 2 bridgehead atoms. The molecule has 0 amide bonds. The van der Waals surface area contributed by atoms with Gasteiger partial charge in [-0.15, -0.1) is 11.3 Å². The van der Waals surface area contributed by atoms with Gasteiger partial charge in [0, 0.05) is 34.4 Å². The lowest BCUT2D eigenvalue weighted by atomic mass is 9.98. The Labute approximate surface area is 120 Å². The predicted octanol–water partition coefficient (Wildman–Crippen LogP) is 2.95. The average Bonchev–Trinajstić information content (AvgIpc) is 3.00. The highest BCUT2D eigenvalue weighted by Crippen LogP contribution is 2.35. The number of piperidine rings is 1. The minimum atomic E-state index is 0.755.